The molecule has 0 amide bonds. The fourth-order valence-corrected chi connectivity index (χ4v) is 0.282. The average Bonchev–Trinajstić information content (AvgIpc) is 1.66. The third-order valence-corrected chi connectivity index (χ3v) is 0.651. The maximum Gasteiger partial charge on any atom is 0.0274 e. The van der Waals surface area contributed by atoms with Crippen molar-refractivity contribution in [2.24, 2.45) is 4.99 Å². The van der Waals surface area contributed by atoms with Crippen LogP contribution in [0.4, 0.5) is 0 Å². The smallest absolute Gasteiger partial charge is 0.0274 e. The van der Waals surface area contributed by atoms with Crippen molar-refractivity contribution in [1.82, 2.24) is 0 Å². The molecule has 0 aliphatic rings. The van der Waals surface area contributed by atoms with Gasteiger partial charge in [0.2, 0.25) is 0 Å². The zero-order valence-corrected chi connectivity index (χ0v) is 5.73. The van der Waals surface area contributed by atoms with Gasteiger partial charge in [0.1, 0.15) is 0 Å². The van der Waals surface area contributed by atoms with Crippen LogP contribution in [0.1, 0.15) is 6.92 Å². The predicted molar refractivity (Wildman–Crippen MR) is 41.4 cm³/mol. The van der Waals surface area contributed by atoms with Gasteiger partial charge in [0.15, 0.2) is 0 Å². The Labute approximate surface area is 55.2 Å². The number of hydrogen-bond acceptors (Lipinski definition) is 2. The van der Waals surface area contributed by atoms with Crippen LogP contribution >= 0.6 is 12.6 Å². The molecule has 0 radical (unpaired) electrons. The van der Waals surface area contributed by atoms with Gasteiger partial charge in [-0.3, -0.25) is 4.99 Å². The van der Waals surface area contributed by atoms with Crippen molar-refractivity contribution >= 4 is 18.8 Å². The molecule has 8 heavy (non-hydrogen) atoms. The molecular weight excluding hydrogens is 118 g/mol. The van der Waals surface area contributed by atoms with E-state index in [0.717, 1.165) is 4.91 Å². The zero-order valence-electron chi connectivity index (χ0n) is 4.83. The van der Waals surface area contributed by atoms with E-state index in [0.29, 0.717) is 0 Å². The number of nitrogens with zero attached hydrogens (tertiary/aromatic N) is 1. The molecule has 2 heteroatoms. The second-order valence-corrected chi connectivity index (χ2v) is 1.79. The fourth-order valence-electron chi connectivity index (χ4n) is 0.215. The number of aliphatic imine (C=N–C) groups is 1. The molecule has 0 aromatic rings. The monoisotopic (exact) mass is 127 g/mol. The van der Waals surface area contributed by atoms with E-state index >= 15 is 0 Å². The summed E-state index contributed by atoms with van der Waals surface area (Å²) in [4.78, 5) is 4.51. The Morgan fingerprint density at radius 3 is 2.75 bits per heavy atom. The summed E-state index contributed by atoms with van der Waals surface area (Å²) in [6, 6.07) is 0. The van der Waals surface area contributed by atoms with Crippen molar-refractivity contribution < 1.29 is 0 Å². The summed E-state index contributed by atoms with van der Waals surface area (Å²) in [5.74, 6) is 0. The van der Waals surface area contributed by atoms with E-state index in [2.05, 4.69) is 24.2 Å². The molecule has 0 bridgehead atoms. The lowest BCUT2D eigenvalue weighted by Crippen LogP contribution is -1.56. The lowest BCUT2D eigenvalue weighted by atomic mass is 10.6. The molecule has 0 aromatic heterocycles. The first-order valence-electron chi connectivity index (χ1n) is 2.29. The summed E-state index contributed by atoms with van der Waals surface area (Å²) in [7, 11) is 0. The quantitative estimate of drug-likeness (QED) is 0.331. The van der Waals surface area contributed by atoms with Crippen LogP contribution in [-0.4, -0.2) is 6.21 Å². The fraction of sp³-hybridized carbons (Fsp3) is 0.167. The molecule has 0 aliphatic heterocycles. The molecule has 0 saturated heterocycles. The summed E-state index contributed by atoms with van der Waals surface area (Å²) in [6.07, 6.45) is 5.08. The van der Waals surface area contributed by atoms with Gasteiger partial charge in [-0.25, -0.2) is 0 Å². The van der Waals surface area contributed by atoms with Gasteiger partial charge in [0.25, 0.3) is 0 Å². The Morgan fingerprint density at radius 1 is 1.75 bits per heavy atom. The molecule has 0 aromatic carbocycles. The summed E-state index contributed by atoms with van der Waals surface area (Å²) in [5.41, 5.74) is 0. The van der Waals surface area contributed by atoms with Crippen LogP contribution in [0.5, 0.6) is 0 Å². The van der Waals surface area contributed by atoms with Crippen LogP contribution in [-0.2, 0) is 0 Å². The second kappa shape index (κ2) is 4.65. The Hall–Kier alpha value is -0.500. The first kappa shape index (κ1) is 7.50. The van der Waals surface area contributed by atoms with E-state index < -0.39 is 0 Å². The molecule has 0 atom stereocenters. The van der Waals surface area contributed by atoms with E-state index in [4.69, 9.17) is 0 Å². The van der Waals surface area contributed by atoms with Crippen molar-refractivity contribution in [3.63, 3.8) is 0 Å². The maximum absolute atomic E-state index is 3.92. The van der Waals surface area contributed by atoms with E-state index in [1.54, 1.807) is 18.5 Å². The molecule has 0 fully saturated rings. The van der Waals surface area contributed by atoms with Gasteiger partial charge in [0.05, 0.1) is 0 Å². The molecule has 0 unspecified atom stereocenters. The summed E-state index contributed by atoms with van der Waals surface area (Å²) in [5, 5.41) is 0. The van der Waals surface area contributed by atoms with Crippen LogP contribution in [0.25, 0.3) is 0 Å². The van der Waals surface area contributed by atoms with Gasteiger partial charge < -0.3 is 0 Å². The predicted octanol–water partition coefficient (Wildman–Crippen LogP) is 2.03. The molecule has 0 heterocycles. The number of rotatable bonds is 2. The highest BCUT2D eigenvalue weighted by Crippen LogP contribution is 1.95. The molecule has 0 rings (SSSR count). The lowest BCUT2D eigenvalue weighted by molar-refractivity contribution is 1.57. The van der Waals surface area contributed by atoms with E-state index in [9.17, 15) is 0 Å². The Morgan fingerprint density at radius 2 is 2.38 bits per heavy atom. The van der Waals surface area contributed by atoms with Gasteiger partial charge in [0, 0.05) is 12.4 Å². The highest BCUT2D eigenvalue weighted by Gasteiger charge is 1.68. The van der Waals surface area contributed by atoms with Crippen LogP contribution in [0.15, 0.2) is 28.8 Å². The van der Waals surface area contributed by atoms with Crippen LogP contribution < -0.4 is 0 Å². The normalized spacial score (nSPS) is 11.2. The zero-order chi connectivity index (χ0) is 6.41. The third kappa shape index (κ3) is 5.50. The van der Waals surface area contributed by atoms with Crippen LogP contribution in [0.3, 0.4) is 0 Å². The summed E-state index contributed by atoms with van der Waals surface area (Å²) < 4.78 is 0. The Bertz CT molecular complexity index is 124. The summed E-state index contributed by atoms with van der Waals surface area (Å²) in [6.45, 7) is 5.38. The minimum atomic E-state index is 0.718. The van der Waals surface area contributed by atoms with Crippen LogP contribution in [0.2, 0.25) is 0 Å². The molecule has 0 aliphatic carbocycles. The van der Waals surface area contributed by atoms with E-state index in [1.807, 2.05) is 6.92 Å². The Balaban J connectivity index is 3.50. The molecule has 0 N–H and O–H groups in total. The minimum absolute atomic E-state index is 0.718. The van der Waals surface area contributed by atoms with Crippen molar-refractivity contribution in [3.8, 4) is 0 Å². The summed E-state index contributed by atoms with van der Waals surface area (Å²) >= 11 is 3.92. The van der Waals surface area contributed by atoms with E-state index in [-0.39, 0.29) is 0 Å². The first-order chi connectivity index (χ1) is 3.77. The number of allylic oxidation sites excluding steroid dienone is 1. The van der Waals surface area contributed by atoms with Gasteiger partial charge >= 0.3 is 0 Å². The van der Waals surface area contributed by atoms with Gasteiger partial charge in [-0.15, -0.1) is 12.6 Å². The Kier molecular flexibility index (Phi) is 4.36. The standard InChI is InChI=1S/C6H9NS/c1-3-7-5-4-6(2)8/h3-5,8H,2H2,1H3/b5-4-,7-3?. The number of hydrogen-bond donors (Lipinski definition) is 1. The van der Waals surface area contributed by atoms with Gasteiger partial charge in [-0.05, 0) is 17.9 Å². The largest absolute Gasteiger partial charge is 0.269 e. The topological polar surface area (TPSA) is 12.4 Å². The molecular formula is C6H9NS. The van der Waals surface area contributed by atoms with Crippen molar-refractivity contribution in [3.05, 3.63) is 23.8 Å². The second-order valence-electron chi connectivity index (χ2n) is 1.21. The SMILES string of the molecule is C=C(S)/C=C\N=CC. The molecule has 44 valence electrons. The first-order valence-corrected chi connectivity index (χ1v) is 2.74. The molecule has 0 spiro atoms. The minimum Gasteiger partial charge on any atom is -0.269 e. The van der Waals surface area contributed by atoms with E-state index in [1.165, 1.54) is 0 Å². The van der Waals surface area contributed by atoms with Crippen molar-refractivity contribution in [2.45, 2.75) is 6.92 Å². The highest BCUT2D eigenvalue weighted by molar-refractivity contribution is 7.84. The van der Waals surface area contributed by atoms with Gasteiger partial charge in [-0.2, -0.15) is 0 Å². The number of thiol groups is 1. The van der Waals surface area contributed by atoms with Crippen LogP contribution in [0, 0.1) is 0 Å². The van der Waals surface area contributed by atoms with Crippen molar-refractivity contribution in [1.29, 1.82) is 0 Å². The maximum atomic E-state index is 3.92. The lowest BCUT2D eigenvalue weighted by Gasteiger charge is -1.77. The molecule has 1 nitrogen and oxygen atoms in total. The third-order valence-electron chi connectivity index (χ3n) is 0.502. The van der Waals surface area contributed by atoms with Crippen molar-refractivity contribution in [2.75, 3.05) is 0 Å². The molecule has 0 saturated carbocycles. The van der Waals surface area contributed by atoms with Gasteiger partial charge in [-0.1, -0.05) is 6.58 Å². The average molecular weight is 127 g/mol. The highest BCUT2D eigenvalue weighted by atomic mass is 32.1.